The highest BCUT2D eigenvalue weighted by Crippen LogP contribution is 1.86. The van der Waals surface area contributed by atoms with Crippen LogP contribution in [0, 0.1) is 0 Å². The van der Waals surface area contributed by atoms with Gasteiger partial charge in [-0.25, -0.2) is 14.4 Å². The third kappa shape index (κ3) is 7.23. The quantitative estimate of drug-likeness (QED) is 0.346. The summed E-state index contributed by atoms with van der Waals surface area (Å²) in [6, 6.07) is -1.66. The van der Waals surface area contributed by atoms with Gasteiger partial charge in [0, 0.05) is 37.8 Å². The van der Waals surface area contributed by atoms with Gasteiger partial charge in [0.2, 0.25) is 0 Å². The van der Waals surface area contributed by atoms with Crippen LogP contribution in [-0.4, -0.2) is 55.9 Å². The van der Waals surface area contributed by atoms with E-state index in [1.165, 1.54) is 0 Å². The molecule has 9 nitrogen and oxygen atoms in total. The smallest absolute Gasteiger partial charge is 0.315 e. The van der Waals surface area contributed by atoms with Crippen molar-refractivity contribution in [2.24, 2.45) is 0 Å². The topological polar surface area (TPSA) is 123 Å². The zero-order valence-electron chi connectivity index (χ0n) is 12.6. The van der Waals surface area contributed by atoms with Crippen molar-refractivity contribution in [2.75, 3.05) is 19.6 Å². The molecule has 0 aromatic heterocycles. The SMILES string of the molecule is CC1CNC(=O)NC(C)CNC(=O)N[C@@H](C)CNC(=O)N1. The Morgan fingerprint density at radius 1 is 0.619 bits per heavy atom. The number of nitrogens with one attached hydrogen (secondary N) is 6. The van der Waals surface area contributed by atoms with Gasteiger partial charge in [-0.2, -0.15) is 0 Å². The molecular formula is C12H24N6O3. The minimum absolute atomic E-state index is 0.209. The van der Waals surface area contributed by atoms with Crippen molar-refractivity contribution in [2.45, 2.75) is 38.9 Å². The molecule has 21 heavy (non-hydrogen) atoms. The first kappa shape index (κ1) is 16.9. The van der Waals surface area contributed by atoms with Crippen molar-refractivity contribution in [3.63, 3.8) is 0 Å². The standard InChI is InChI=1S/C12H24N6O3/c1-7-4-13-11(20)17-9(3)6-15-12(21)18-8(2)5-14-10(19)16-7/h7-9H,4-6H2,1-3H3,(H2,14,16,19)(H2,13,17,20)(H2,15,18,21)/t7-,8?,9?/m0/s1. The molecule has 1 aliphatic heterocycles. The Kier molecular flexibility index (Phi) is 6.57. The molecule has 9 heteroatoms. The monoisotopic (exact) mass is 300 g/mol. The van der Waals surface area contributed by atoms with Gasteiger partial charge >= 0.3 is 18.1 Å². The molecule has 0 bridgehead atoms. The van der Waals surface area contributed by atoms with E-state index >= 15 is 0 Å². The zero-order chi connectivity index (χ0) is 15.8. The molecule has 1 fully saturated rings. The Morgan fingerprint density at radius 3 is 1.10 bits per heavy atom. The fourth-order valence-electron chi connectivity index (χ4n) is 1.71. The summed E-state index contributed by atoms with van der Waals surface area (Å²) in [5.74, 6) is 0. The van der Waals surface area contributed by atoms with Gasteiger partial charge in [0.05, 0.1) is 0 Å². The van der Waals surface area contributed by atoms with E-state index in [9.17, 15) is 14.4 Å². The van der Waals surface area contributed by atoms with Crippen LogP contribution in [0.1, 0.15) is 20.8 Å². The number of carbonyl (C=O) groups is 3. The Balaban J connectivity index is 2.61. The van der Waals surface area contributed by atoms with Crippen molar-refractivity contribution in [1.82, 2.24) is 31.9 Å². The first-order chi connectivity index (χ1) is 9.86. The van der Waals surface area contributed by atoms with Crippen LogP contribution in [0.2, 0.25) is 0 Å². The maximum Gasteiger partial charge on any atom is 0.315 e. The molecule has 1 rings (SSSR count). The van der Waals surface area contributed by atoms with Crippen LogP contribution in [0.25, 0.3) is 0 Å². The van der Waals surface area contributed by atoms with Gasteiger partial charge in [0.25, 0.3) is 0 Å². The van der Waals surface area contributed by atoms with E-state index in [0.29, 0.717) is 19.6 Å². The van der Waals surface area contributed by atoms with Gasteiger partial charge in [-0.3, -0.25) is 0 Å². The van der Waals surface area contributed by atoms with E-state index in [2.05, 4.69) is 31.9 Å². The average Bonchev–Trinajstić information content (AvgIpc) is 2.40. The Hall–Kier alpha value is -2.19. The highest BCUT2D eigenvalue weighted by Gasteiger charge is 2.14. The van der Waals surface area contributed by atoms with Crippen LogP contribution in [0.5, 0.6) is 0 Å². The molecule has 120 valence electrons. The van der Waals surface area contributed by atoms with Crippen LogP contribution in [0.15, 0.2) is 0 Å². The summed E-state index contributed by atoms with van der Waals surface area (Å²) in [4.78, 5) is 34.8. The first-order valence-corrected chi connectivity index (χ1v) is 7.00. The summed E-state index contributed by atoms with van der Waals surface area (Å²) in [6.45, 7) is 6.29. The second-order valence-corrected chi connectivity index (χ2v) is 5.27. The first-order valence-electron chi connectivity index (χ1n) is 7.00. The summed E-state index contributed by atoms with van der Waals surface area (Å²) < 4.78 is 0. The summed E-state index contributed by atoms with van der Waals surface area (Å²) >= 11 is 0. The predicted octanol–water partition coefficient (Wildman–Crippen LogP) is -0.937. The van der Waals surface area contributed by atoms with Crippen LogP contribution in [0.3, 0.4) is 0 Å². The lowest BCUT2D eigenvalue weighted by molar-refractivity contribution is 0.231. The van der Waals surface area contributed by atoms with Crippen molar-refractivity contribution in [1.29, 1.82) is 0 Å². The van der Waals surface area contributed by atoms with Crippen molar-refractivity contribution in [3.05, 3.63) is 0 Å². The van der Waals surface area contributed by atoms with E-state index in [-0.39, 0.29) is 36.2 Å². The van der Waals surface area contributed by atoms with E-state index in [0.717, 1.165) is 0 Å². The summed E-state index contributed by atoms with van der Waals surface area (Å²) in [6.07, 6.45) is 0. The number of carbonyl (C=O) groups excluding carboxylic acids is 3. The zero-order valence-corrected chi connectivity index (χ0v) is 12.6. The third-order valence-corrected chi connectivity index (χ3v) is 2.84. The van der Waals surface area contributed by atoms with Gasteiger partial charge in [-0.1, -0.05) is 0 Å². The van der Waals surface area contributed by atoms with E-state index in [4.69, 9.17) is 0 Å². The normalized spacial score (nSPS) is 29.3. The molecule has 6 N–H and O–H groups in total. The molecule has 2 unspecified atom stereocenters. The highest BCUT2D eigenvalue weighted by molar-refractivity contribution is 5.77. The van der Waals surface area contributed by atoms with Crippen molar-refractivity contribution >= 4 is 18.1 Å². The van der Waals surface area contributed by atoms with Gasteiger partial charge in [0.1, 0.15) is 0 Å². The number of hydrogen-bond donors (Lipinski definition) is 6. The van der Waals surface area contributed by atoms with E-state index in [1.54, 1.807) is 20.8 Å². The molecule has 0 spiro atoms. The molecule has 1 aliphatic rings. The predicted molar refractivity (Wildman–Crippen MR) is 78.0 cm³/mol. The van der Waals surface area contributed by atoms with E-state index < -0.39 is 0 Å². The van der Waals surface area contributed by atoms with Gasteiger partial charge < -0.3 is 31.9 Å². The fourth-order valence-corrected chi connectivity index (χ4v) is 1.71. The number of urea groups is 3. The minimum atomic E-state index is -0.345. The molecule has 0 aromatic carbocycles. The molecule has 3 atom stereocenters. The lowest BCUT2D eigenvalue weighted by atomic mass is 10.3. The number of amides is 6. The Morgan fingerprint density at radius 2 is 0.857 bits per heavy atom. The van der Waals surface area contributed by atoms with Crippen LogP contribution in [0.4, 0.5) is 14.4 Å². The molecule has 0 aliphatic carbocycles. The summed E-state index contributed by atoms with van der Waals surface area (Å²) in [7, 11) is 0. The second-order valence-electron chi connectivity index (χ2n) is 5.27. The summed E-state index contributed by atoms with van der Waals surface area (Å²) in [5.41, 5.74) is 0. The maximum absolute atomic E-state index is 11.6. The fraction of sp³-hybridized carbons (Fsp3) is 0.750. The molecule has 0 radical (unpaired) electrons. The molecule has 0 aromatic rings. The van der Waals surface area contributed by atoms with Crippen LogP contribution in [-0.2, 0) is 0 Å². The molecule has 1 saturated heterocycles. The van der Waals surface area contributed by atoms with Crippen LogP contribution < -0.4 is 31.9 Å². The van der Waals surface area contributed by atoms with E-state index in [1.807, 2.05) is 0 Å². The Labute approximate surface area is 124 Å². The number of hydrogen-bond acceptors (Lipinski definition) is 3. The van der Waals surface area contributed by atoms with Crippen molar-refractivity contribution < 1.29 is 14.4 Å². The van der Waals surface area contributed by atoms with Gasteiger partial charge in [0.15, 0.2) is 0 Å². The van der Waals surface area contributed by atoms with Gasteiger partial charge in [-0.05, 0) is 20.8 Å². The largest absolute Gasteiger partial charge is 0.336 e. The average molecular weight is 300 g/mol. The lowest BCUT2D eigenvalue weighted by Crippen LogP contribution is -2.50. The third-order valence-electron chi connectivity index (χ3n) is 2.84. The Bertz CT molecular complexity index is 332. The minimum Gasteiger partial charge on any atom is -0.336 e. The molecule has 6 amide bonds. The van der Waals surface area contributed by atoms with Crippen molar-refractivity contribution in [3.8, 4) is 0 Å². The molecular weight excluding hydrogens is 276 g/mol. The number of rotatable bonds is 0. The molecule has 0 saturated carbocycles. The second kappa shape index (κ2) is 8.18. The lowest BCUT2D eigenvalue weighted by Gasteiger charge is -2.17. The maximum atomic E-state index is 11.6. The highest BCUT2D eigenvalue weighted by atomic mass is 16.2. The van der Waals surface area contributed by atoms with Crippen LogP contribution >= 0.6 is 0 Å². The van der Waals surface area contributed by atoms with Gasteiger partial charge in [-0.15, -0.1) is 0 Å². The molecule has 1 heterocycles. The summed E-state index contributed by atoms with van der Waals surface area (Å²) in [5, 5.41) is 16.0.